The lowest BCUT2D eigenvalue weighted by Gasteiger charge is -2.18. The number of para-hydroxylation sites is 1. The average Bonchev–Trinajstić information content (AvgIpc) is 3.27. The van der Waals surface area contributed by atoms with Crippen molar-refractivity contribution < 1.29 is 9.21 Å². The molecule has 0 bridgehead atoms. The molecule has 0 spiro atoms. The standard InChI is InChI=1S/C25H23N3O2/c1-25(2,3)18-12-10-17(11-13-18)16-26-28-24(29)20-15-22(23-9-6-14-30-23)27-21-8-5-4-7-19(20)21/h4-16H,1-3H3,(H,28,29)/b26-16+. The maximum Gasteiger partial charge on any atom is 0.272 e. The van der Waals surface area contributed by atoms with Gasteiger partial charge in [0.15, 0.2) is 5.76 Å². The second-order valence-corrected chi connectivity index (χ2v) is 8.12. The second-order valence-electron chi connectivity index (χ2n) is 8.12. The van der Waals surface area contributed by atoms with Gasteiger partial charge in [0.1, 0.15) is 5.69 Å². The van der Waals surface area contributed by atoms with E-state index in [1.54, 1.807) is 24.6 Å². The van der Waals surface area contributed by atoms with Crippen molar-refractivity contribution in [3.63, 3.8) is 0 Å². The number of hydrogen-bond acceptors (Lipinski definition) is 4. The van der Waals surface area contributed by atoms with Gasteiger partial charge < -0.3 is 4.42 Å². The molecule has 1 N–H and O–H groups in total. The Bertz CT molecular complexity index is 1200. The summed E-state index contributed by atoms with van der Waals surface area (Å²) < 4.78 is 5.45. The molecule has 0 aliphatic carbocycles. The van der Waals surface area contributed by atoms with Crippen LogP contribution in [-0.2, 0) is 5.41 Å². The van der Waals surface area contributed by atoms with Crippen LogP contribution in [0.15, 0.2) is 82.5 Å². The highest BCUT2D eigenvalue weighted by atomic mass is 16.3. The maximum absolute atomic E-state index is 12.9. The third-order valence-corrected chi connectivity index (χ3v) is 4.89. The van der Waals surface area contributed by atoms with Gasteiger partial charge in [0.2, 0.25) is 0 Å². The van der Waals surface area contributed by atoms with Crippen LogP contribution < -0.4 is 5.43 Å². The van der Waals surface area contributed by atoms with E-state index in [1.165, 1.54) is 5.56 Å². The van der Waals surface area contributed by atoms with Crippen molar-refractivity contribution in [1.82, 2.24) is 10.4 Å². The summed E-state index contributed by atoms with van der Waals surface area (Å²) in [4.78, 5) is 17.5. The Kier molecular flexibility index (Phi) is 5.19. The number of nitrogens with zero attached hydrogens (tertiary/aromatic N) is 2. The zero-order valence-corrected chi connectivity index (χ0v) is 17.2. The van der Waals surface area contributed by atoms with Crippen LogP contribution >= 0.6 is 0 Å². The van der Waals surface area contributed by atoms with Gasteiger partial charge in [-0.25, -0.2) is 10.4 Å². The van der Waals surface area contributed by atoms with E-state index in [0.717, 1.165) is 16.5 Å². The van der Waals surface area contributed by atoms with E-state index in [4.69, 9.17) is 4.42 Å². The average molecular weight is 397 g/mol. The van der Waals surface area contributed by atoms with Crippen molar-refractivity contribution in [3.05, 3.63) is 89.7 Å². The number of fused-ring (bicyclic) bond motifs is 1. The monoisotopic (exact) mass is 397 g/mol. The molecule has 0 unspecified atom stereocenters. The van der Waals surface area contributed by atoms with Gasteiger partial charge in [-0.3, -0.25) is 4.79 Å². The van der Waals surface area contributed by atoms with Crippen LogP contribution in [-0.4, -0.2) is 17.1 Å². The summed E-state index contributed by atoms with van der Waals surface area (Å²) in [6.07, 6.45) is 3.22. The summed E-state index contributed by atoms with van der Waals surface area (Å²) in [5.41, 5.74) is 6.70. The molecule has 0 aliphatic heterocycles. The molecule has 2 aromatic carbocycles. The predicted octanol–water partition coefficient (Wildman–Crippen LogP) is 5.56. The lowest BCUT2D eigenvalue weighted by molar-refractivity contribution is 0.0956. The van der Waals surface area contributed by atoms with Crippen LogP contribution in [0.5, 0.6) is 0 Å². The lowest BCUT2D eigenvalue weighted by atomic mass is 9.87. The highest BCUT2D eigenvalue weighted by Gasteiger charge is 2.15. The smallest absolute Gasteiger partial charge is 0.272 e. The van der Waals surface area contributed by atoms with Gasteiger partial charge in [0.05, 0.1) is 23.6 Å². The van der Waals surface area contributed by atoms with Gasteiger partial charge in [0, 0.05) is 5.39 Å². The zero-order valence-electron chi connectivity index (χ0n) is 17.2. The largest absolute Gasteiger partial charge is 0.463 e. The fraction of sp³-hybridized carbons (Fsp3) is 0.160. The van der Waals surface area contributed by atoms with Gasteiger partial charge >= 0.3 is 0 Å². The van der Waals surface area contributed by atoms with Crippen LogP contribution in [0, 0.1) is 0 Å². The SMILES string of the molecule is CC(C)(C)c1ccc(/C=N/NC(=O)c2cc(-c3ccco3)nc3ccccc23)cc1. The number of carbonyl (C=O) groups excluding carboxylic acids is 1. The molecule has 0 saturated carbocycles. The summed E-state index contributed by atoms with van der Waals surface area (Å²) in [7, 11) is 0. The fourth-order valence-electron chi connectivity index (χ4n) is 3.21. The Balaban J connectivity index is 1.58. The Labute approximate surface area is 175 Å². The number of carbonyl (C=O) groups is 1. The van der Waals surface area contributed by atoms with Crippen molar-refractivity contribution in [3.8, 4) is 11.5 Å². The normalized spacial score (nSPS) is 11.8. The Morgan fingerprint density at radius 2 is 1.80 bits per heavy atom. The van der Waals surface area contributed by atoms with E-state index in [-0.39, 0.29) is 11.3 Å². The summed E-state index contributed by atoms with van der Waals surface area (Å²) >= 11 is 0. The number of rotatable bonds is 4. The number of nitrogens with one attached hydrogen (secondary N) is 1. The van der Waals surface area contributed by atoms with Crippen molar-refractivity contribution in [2.45, 2.75) is 26.2 Å². The summed E-state index contributed by atoms with van der Waals surface area (Å²) in [5.74, 6) is 0.307. The Morgan fingerprint density at radius 1 is 1.03 bits per heavy atom. The third-order valence-electron chi connectivity index (χ3n) is 4.89. The van der Waals surface area contributed by atoms with Crippen molar-refractivity contribution in [2.75, 3.05) is 0 Å². The first-order valence-electron chi connectivity index (χ1n) is 9.79. The first-order chi connectivity index (χ1) is 14.4. The molecule has 150 valence electrons. The number of benzene rings is 2. The first-order valence-corrected chi connectivity index (χ1v) is 9.79. The minimum Gasteiger partial charge on any atom is -0.463 e. The molecule has 30 heavy (non-hydrogen) atoms. The molecule has 0 radical (unpaired) electrons. The molecule has 2 heterocycles. The fourth-order valence-corrected chi connectivity index (χ4v) is 3.21. The van der Waals surface area contributed by atoms with Gasteiger partial charge in [-0.2, -0.15) is 5.10 Å². The minimum atomic E-state index is -0.302. The molecule has 4 aromatic rings. The molecule has 5 nitrogen and oxygen atoms in total. The topological polar surface area (TPSA) is 67.5 Å². The molecule has 2 aromatic heterocycles. The van der Waals surface area contributed by atoms with Gasteiger partial charge in [-0.05, 0) is 40.8 Å². The second kappa shape index (κ2) is 7.95. The molecule has 4 rings (SSSR count). The maximum atomic E-state index is 12.9. The van der Waals surface area contributed by atoms with Crippen molar-refractivity contribution in [2.24, 2.45) is 5.10 Å². The van der Waals surface area contributed by atoms with E-state index in [0.29, 0.717) is 17.0 Å². The van der Waals surface area contributed by atoms with Crippen molar-refractivity contribution in [1.29, 1.82) is 0 Å². The summed E-state index contributed by atoms with van der Waals surface area (Å²) in [6.45, 7) is 6.52. The molecule has 5 heteroatoms. The highest BCUT2D eigenvalue weighted by Crippen LogP contribution is 2.25. The molecule has 0 atom stereocenters. The molecule has 1 amide bonds. The molecule has 0 fully saturated rings. The van der Waals surface area contributed by atoms with Crippen LogP contribution in [0.25, 0.3) is 22.4 Å². The molecule has 0 aliphatic rings. The van der Waals surface area contributed by atoms with Gasteiger partial charge in [0.25, 0.3) is 5.91 Å². The molecular weight excluding hydrogens is 374 g/mol. The number of aromatic nitrogens is 1. The van der Waals surface area contributed by atoms with Crippen LogP contribution in [0.2, 0.25) is 0 Å². The van der Waals surface area contributed by atoms with Crippen molar-refractivity contribution >= 4 is 23.0 Å². The number of furan rings is 1. The van der Waals surface area contributed by atoms with Gasteiger partial charge in [-0.1, -0.05) is 63.2 Å². The van der Waals surface area contributed by atoms with Crippen LogP contribution in [0.4, 0.5) is 0 Å². The van der Waals surface area contributed by atoms with Crippen LogP contribution in [0.1, 0.15) is 42.3 Å². The van der Waals surface area contributed by atoms with Crippen LogP contribution in [0.3, 0.4) is 0 Å². The van der Waals surface area contributed by atoms with E-state index < -0.39 is 0 Å². The lowest BCUT2D eigenvalue weighted by Crippen LogP contribution is -2.18. The Morgan fingerprint density at radius 3 is 2.50 bits per heavy atom. The number of pyridine rings is 1. The molecule has 0 saturated heterocycles. The number of hydrogen-bond donors (Lipinski definition) is 1. The Hall–Kier alpha value is -3.73. The number of amides is 1. The van der Waals surface area contributed by atoms with E-state index >= 15 is 0 Å². The van der Waals surface area contributed by atoms with Gasteiger partial charge in [-0.15, -0.1) is 0 Å². The zero-order chi connectivity index (χ0) is 21.1. The summed E-state index contributed by atoms with van der Waals surface area (Å²) in [6, 6.07) is 21.0. The first kappa shape index (κ1) is 19.6. The van der Waals surface area contributed by atoms with E-state index in [2.05, 4.69) is 48.4 Å². The van der Waals surface area contributed by atoms with E-state index in [1.807, 2.05) is 42.5 Å². The molecular formula is C25H23N3O2. The summed E-state index contributed by atoms with van der Waals surface area (Å²) in [5, 5.41) is 4.90. The minimum absolute atomic E-state index is 0.0952. The number of hydrazone groups is 1. The van der Waals surface area contributed by atoms with E-state index in [9.17, 15) is 4.79 Å². The quantitative estimate of drug-likeness (QED) is 0.362. The highest BCUT2D eigenvalue weighted by molar-refractivity contribution is 6.07. The predicted molar refractivity (Wildman–Crippen MR) is 120 cm³/mol. The third kappa shape index (κ3) is 4.15.